The number of rotatable bonds is 5. The van der Waals surface area contributed by atoms with E-state index in [1.165, 1.54) is 18.2 Å². The first-order chi connectivity index (χ1) is 9.22. The maximum absolute atomic E-state index is 13.7. The van der Waals surface area contributed by atoms with E-state index < -0.39 is 17.7 Å². The molecule has 3 N–H and O–H groups in total. The minimum atomic E-state index is -0.589. The molecule has 0 aliphatic carbocycles. The molecule has 1 aromatic heterocycles. The van der Waals surface area contributed by atoms with Crippen LogP contribution in [0.1, 0.15) is 23.6 Å². The zero-order valence-corrected chi connectivity index (χ0v) is 10.3. The summed E-state index contributed by atoms with van der Waals surface area (Å²) in [5.74, 6) is 4.23. The molecule has 1 atom stereocenters. The first kappa shape index (κ1) is 13.6. The molecule has 0 saturated carbocycles. The Hall–Kier alpha value is -1.85. The average Bonchev–Trinajstić information content (AvgIpc) is 2.43. The van der Waals surface area contributed by atoms with Crippen LogP contribution in [0.15, 0.2) is 42.7 Å². The highest BCUT2D eigenvalue weighted by Gasteiger charge is 2.18. The second-order valence-electron chi connectivity index (χ2n) is 4.25. The molecule has 0 fully saturated rings. The highest BCUT2D eigenvalue weighted by molar-refractivity contribution is 5.23. The van der Waals surface area contributed by atoms with Crippen LogP contribution in [0.3, 0.4) is 0 Å². The van der Waals surface area contributed by atoms with E-state index in [4.69, 9.17) is 5.84 Å². The maximum Gasteiger partial charge on any atom is 0.130 e. The molecule has 3 nitrogen and oxygen atoms in total. The summed E-state index contributed by atoms with van der Waals surface area (Å²) in [6, 6.07) is 6.96. The van der Waals surface area contributed by atoms with E-state index in [1.807, 2.05) is 12.1 Å². The van der Waals surface area contributed by atoms with E-state index in [2.05, 4.69) is 10.4 Å². The zero-order valence-electron chi connectivity index (χ0n) is 10.3. The predicted molar refractivity (Wildman–Crippen MR) is 69.0 cm³/mol. The number of aryl methyl sites for hydroxylation is 1. The van der Waals surface area contributed by atoms with E-state index in [1.54, 1.807) is 12.4 Å². The number of nitrogens with two attached hydrogens (primary N) is 1. The molecule has 1 aromatic carbocycles. The summed E-state index contributed by atoms with van der Waals surface area (Å²) < 4.78 is 27.3. The van der Waals surface area contributed by atoms with Crippen molar-refractivity contribution in [2.24, 2.45) is 5.84 Å². The lowest BCUT2D eigenvalue weighted by Gasteiger charge is -2.17. The van der Waals surface area contributed by atoms with Crippen LogP contribution in [0.25, 0.3) is 0 Å². The predicted octanol–water partition coefficient (Wildman–Crippen LogP) is 2.50. The Bertz CT molecular complexity index is 511. The first-order valence-electron chi connectivity index (χ1n) is 6.01. The van der Waals surface area contributed by atoms with Crippen molar-refractivity contribution in [1.82, 2.24) is 10.4 Å². The Morgan fingerprint density at radius 3 is 2.47 bits per heavy atom. The lowest BCUT2D eigenvalue weighted by Crippen LogP contribution is -2.30. The fourth-order valence-corrected chi connectivity index (χ4v) is 2.01. The van der Waals surface area contributed by atoms with Gasteiger partial charge in [0.15, 0.2) is 0 Å². The number of nitrogens with one attached hydrogen (secondary N) is 1. The van der Waals surface area contributed by atoms with E-state index in [-0.39, 0.29) is 5.56 Å². The van der Waals surface area contributed by atoms with E-state index in [0.29, 0.717) is 12.8 Å². The van der Waals surface area contributed by atoms with Gasteiger partial charge in [-0.3, -0.25) is 16.3 Å². The molecule has 100 valence electrons. The third kappa shape index (κ3) is 3.33. The number of halogens is 2. The fraction of sp³-hybridized carbons (Fsp3) is 0.214. The second kappa shape index (κ2) is 6.36. The van der Waals surface area contributed by atoms with Gasteiger partial charge in [-0.1, -0.05) is 12.1 Å². The normalized spacial score (nSPS) is 12.4. The third-order valence-corrected chi connectivity index (χ3v) is 2.99. The Morgan fingerprint density at radius 1 is 1.16 bits per heavy atom. The number of nitrogens with zero attached hydrogens (tertiary/aromatic N) is 1. The van der Waals surface area contributed by atoms with Gasteiger partial charge < -0.3 is 0 Å². The van der Waals surface area contributed by atoms with Gasteiger partial charge in [-0.2, -0.15) is 0 Å². The van der Waals surface area contributed by atoms with Crippen molar-refractivity contribution in [1.29, 1.82) is 0 Å². The summed E-state index contributed by atoms with van der Waals surface area (Å²) in [4.78, 5) is 4.00. The van der Waals surface area contributed by atoms with E-state index in [0.717, 1.165) is 5.56 Å². The third-order valence-electron chi connectivity index (χ3n) is 2.99. The Kier molecular flexibility index (Phi) is 4.54. The molecule has 0 spiro atoms. The molecule has 5 heteroatoms. The molecule has 0 radical (unpaired) electrons. The van der Waals surface area contributed by atoms with Crippen molar-refractivity contribution in [2.45, 2.75) is 18.9 Å². The van der Waals surface area contributed by atoms with Gasteiger partial charge >= 0.3 is 0 Å². The van der Waals surface area contributed by atoms with E-state index >= 15 is 0 Å². The summed E-state index contributed by atoms with van der Waals surface area (Å²) in [6.45, 7) is 0. The summed E-state index contributed by atoms with van der Waals surface area (Å²) >= 11 is 0. The number of benzene rings is 1. The quantitative estimate of drug-likeness (QED) is 0.643. The van der Waals surface area contributed by atoms with Gasteiger partial charge in [0.1, 0.15) is 11.6 Å². The van der Waals surface area contributed by atoms with Crippen LogP contribution in [0.4, 0.5) is 8.78 Å². The van der Waals surface area contributed by atoms with Crippen molar-refractivity contribution in [2.75, 3.05) is 0 Å². The van der Waals surface area contributed by atoms with Crippen LogP contribution in [0, 0.1) is 11.6 Å². The van der Waals surface area contributed by atoms with Gasteiger partial charge in [-0.05, 0) is 36.6 Å². The van der Waals surface area contributed by atoms with Crippen LogP contribution in [0.2, 0.25) is 0 Å². The highest BCUT2D eigenvalue weighted by Crippen LogP contribution is 2.24. The number of pyridine rings is 1. The maximum atomic E-state index is 13.7. The first-order valence-corrected chi connectivity index (χ1v) is 6.01. The second-order valence-corrected chi connectivity index (χ2v) is 4.25. The lowest BCUT2D eigenvalue weighted by molar-refractivity contribution is 0.454. The molecule has 0 aliphatic rings. The molecule has 2 rings (SSSR count). The largest absolute Gasteiger partial charge is 0.271 e. The van der Waals surface area contributed by atoms with Crippen molar-refractivity contribution >= 4 is 0 Å². The van der Waals surface area contributed by atoms with Crippen LogP contribution in [0.5, 0.6) is 0 Å². The van der Waals surface area contributed by atoms with Crippen LogP contribution in [-0.4, -0.2) is 4.98 Å². The monoisotopic (exact) mass is 263 g/mol. The van der Waals surface area contributed by atoms with Gasteiger partial charge in [-0.15, -0.1) is 0 Å². The van der Waals surface area contributed by atoms with Gasteiger partial charge in [-0.25, -0.2) is 8.78 Å². The molecule has 1 heterocycles. The summed E-state index contributed by atoms with van der Waals surface area (Å²) in [7, 11) is 0. The summed E-state index contributed by atoms with van der Waals surface area (Å²) in [6.07, 6.45) is 4.53. The minimum absolute atomic E-state index is 0.0195. The molecule has 19 heavy (non-hydrogen) atoms. The highest BCUT2D eigenvalue weighted by atomic mass is 19.1. The van der Waals surface area contributed by atoms with Crippen LogP contribution >= 0.6 is 0 Å². The van der Waals surface area contributed by atoms with Gasteiger partial charge in [0, 0.05) is 18.0 Å². The molecule has 2 aromatic rings. The Balaban J connectivity index is 2.12. The average molecular weight is 263 g/mol. The molecular formula is C14H15F2N3. The van der Waals surface area contributed by atoms with Gasteiger partial charge in [0.05, 0.1) is 6.04 Å². The van der Waals surface area contributed by atoms with Crippen LogP contribution < -0.4 is 11.3 Å². The fourth-order valence-electron chi connectivity index (χ4n) is 2.01. The van der Waals surface area contributed by atoms with Crippen molar-refractivity contribution in [3.8, 4) is 0 Å². The topological polar surface area (TPSA) is 50.9 Å². The molecule has 0 saturated heterocycles. The van der Waals surface area contributed by atoms with E-state index in [9.17, 15) is 8.78 Å². The number of hydrogen-bond acceptors (Lipinski definition) is 3. The lowest BCUT2D eigenvalue weighted by atomic mass is 9.99. The van der Waals surface area contributed by atoms with Crippen molar-refractivity contribution in [3.05, 3.63) is 65.5 Å². The molecule has 0 bridgehead atoms. The molecule has 1 unspecified atom stereocenters. The molecule has 0 amide bonds. The number of aromatic nitrogens is 1. The minimum Gasteiger partial charge on any atom is -0.271 e. The Morgan fingerprint density at radius 2 is 1.89 bits per heavy atom. The number of hydrogen-bond donors (Lipinski definition) is 2. The van der Waals surface area contributed by atoms with Gasteiger partial charge in [0.25, 0.3) is 0 Å². The van der Waals surface area contributed by atoms with Crippen molar-refractivity contribution < 1.29 is 8.78 Å². The summed E-state index contributed by atoms with van der Waals surface area (Å²) in [5, 5.41) is 0. The zero-order chi connectivity index (χ0) is 13.7. The smallest absolute Gasteiger partial charge is 0.130 e. The van der Waals surface area contributed by atoms with Gasteiger partial charge in [0.2, 0.25) is 0 Å². The SMILES string of the molecule is NNC(CCc1cccnc1)c1c(F)cccc1F. The Labute approximate surface area is 110 Å². The van der Waals surface area contributed by atoms with Crippen LogP contribution in [-0.2, 0) is 6.42 Å². The standard InChI is InChI=1S/C14H15F2N3/c15-11-4-1-5-12(16)14(11)13(19-17)7-6-10-3-2-8-18-9-10/h1-5,8-9,13,19H,6-7,17H2. The summed E-state index contributed by atoms with van der Waals surface area (Å²) in [5.41, 5.74) is 3.45. The number of hydrazine groups is 1. The molecule has 0 aliphatic heterocycles. The molecular weight excluding hydrogens is 248 g/mol. The van der Waals surface area contributed by atoms with Crippen molar-refractivity contribution in [3.63, 3.8) is 0 Å².